The standard InChI is InChI=1S/C18H17FN2O2/c1-2-6-16-17(22)20-14-9-3-4-10-15(14)21(16)18(23)12-7-5-8-13(19)11-12/h3-5,7-11,16H,2,6H2,1H3,(H,20,22). The van der Waals surface area contributed by atoms with Gasteiger partial charge in [-0.2, -0.15) is 0 Å². The van der Waals surface area contributed by atoms with Crippen LogP contribution >= 0.6 is 0 Å². The number of anilines is 2. The van der Waals surface area contributed by atoms with E-state index in [4.69, 9.17) is 0 Å². The Balaban J connectivity index is 2.08. The van der Waals surface area contributed by atoms with Gasteiger partial charge in [0.05, 0.1) is 11.4 Å². The van der Waals surface area contributed by atoms with Crippen LogP contribution in [0.15, 0.2) is 48.5 Å². The van der Waals surface area contributed by atoms with Gasteiger partial charge < -0.3 is 5.32 Å². The Morgan fingerprint density at radius 3 is 2.74 bits per heavy atom. The maximum atomic E-state index is 13.5. The third kappa shape index (κ3) is 2.82. The molecule has 1 atom stereocenters. The number of amides is 2. The van der Waals surface area contributed by atoms with Gasteiger partial charge in [-0.15, -0.1) is 0 Å². The number of nitrogens with one attached hydrogen (secondary N) is 1. The van der Waals surface area contributed by atoms with Crippen molar-refractivity contribution in [2.24, 2.45) is 0 Å². The smallest absolute Gasteiger partial charge is 0.259 e. The first kappa shape index (κ1) is 15.2. The molecule has 2 aromatic carbocycles. The molecule has 1 aliphatic rings. The highest BCUT2D eigenvalue weighted by Gasteiger charge is 2.36. The molecule has 4 nitrogen and oxygen atoms in total. The van der Waals surface area contributed by atoms with Gasteiger partial charge in [-0.05, 0) is 36.8 Å². The third-order valence-corrected chi connectivity index (χ3v) is 3.89. The number of rotatable bonds is 3. The molecule has 3 rings (SSSR count). The van der Waals surface area contributed by atoms with E-state index in [1.165, 1.54) is 23.1 Å². The molecule has 0 radical (unpaired) electrons. The summed E-state index contributed by atoms with van der Waals surface area (Å²) in [5.41, 5.74) is 1.46. The number of para-hydroxylation sites is 2. The summed E-state index contributed by atoms with van der Waals surface area (Å²) in [5, 5.41) is 2.84. The number of halogens is 1. The van der Waals surface area contributed by atoms with E-state index >= 15 is 0 Å². The van der Waals surface area contributed by atoms with Crippen LogP contribution in [0.1, 0.15) is 30.1 Å². The largest absolute Gasteiger partial charge is 0.322 e. The van der Waals surface area contributed by atoms with Crippen molar-refractivity contribution < 1.29 is 14.0 Å². The van der Waals surface area contributed by atoms with Gasteiger partial charge in [0.2, 0.25) is 5.91 Å². The molecule has 23 heavy (non-hydrogen) atoms. The van der Waals surface area contributed by atoms with Crippen molar-refractivity contribution in [3.05, 3.63) is 59.9 Å². The molecule has 0 bridgehead atoms. The second kappa shape index (κ2) is 6.20. The fraction of sp³-hybridized carbons (Fsp3) is 0.222. The van der Waals surface area contributed by atoms with Gasteiger partial charge in [-0.25, -0.2) is 4.39 Å². The molecule has 1 aliphatic heterocycles. The van der Waals surface area contributed by atoms with Crippen LogP contribution in [0.3, 0.4) is 0 Å². The van der Waals surface area contributed by atoms with Crippen molar-refractivity contribution in [1.29, 1.82) is 0 Å². The van der Waals surface area contributed by atoms with Gasteiger partial charge in [0.1, 0.15) is 11.9 Å². The van der Waals surface area contributed by atoms with Crippen LogP contribution in [-0.2, 0) is 4.79 Å². The Kier molecular flexibility index (Phi) is 4.10. The zero-order chi connectivity index (χ0) is 16.4. The van der Waals surface area contributed by atoms with Gasteiger partial charge in [-0.3, -0.25) is 14.5 Å². The quantitative estimate of drug-likeness (QED) is 0.941. The lowest BCUT2D eigenvalue weighted by atomic mass is 10.0. The van der Waals surface area contributed by atoms with E-state index in [2.05, 4.69) is 5.32 Å². The highest BCUT2D eigenvalue weighted by molar-refractivity contribution is 6.16. The molecule has 1 heterocycles. The van der Waals surface area contributed by atoms with Crippen molar-refractivity contribution in [3.8, 4) is 0 Å². The van der Waals surface area contributed by atoms with E-state index < -0.39 is 11.9 Å². The van der Waals surface area contributed by atoms with Crippen molar-refractivity contribution >= 4 is 23.2 Å². The highest BCUT2D eigenvalue weighted by atomic mass is 19.1. The highest BCUT2D eigenvalue weighted by Crippen LogP contribution is 2.34. The fourth-order valence-electron chi connectivity index (χ4n) is 2.84. The predicted octanol–water partition coefficient (Wildman–Crippen LogP) is 3.59. The van der Waals surface area contributed by atoms with Crippen molar-refractivity contribution in [3.63, 3.8) is 0 Å². The number of carbonyl (C=O) groups excluding carboxylic acids is 2. The first-order valence-electron chi connectivity index (χ1n) is 7.61. The minimum atomic E-state index is -0.592. The minimum Gasteiger partial charge on any atom is -0.322 e. The van der Waals surface area contributed by atoms with Crippen LogP contribution < -0.4 is 10.2 Å². The fourth-order valence-corrected chi connectivity index (χ4v) is 2.84. The summed E-state index contributed by atoms with van der Waals surface area (Å²) in [6.07, 6.45) is 1.30. The molecular weight excluding hydrogens is 295 g/mol. The van der Waals surface area contributed by atoms with Crippen LogP contribution in [0.2, 0.25) is 0 Å². The minimum absolute atomic E-state index is 0.213. The van der Waals surface area contributed by atoms with Crippen LogP contribution in [0.4, 0.5) is 15.8 Å². The molecule has 0 saturated heterocycles. The number of fused-ring (bicyclic) bond motifs is 1. The van der Waals surface area contributed by atoms with Crippen molar-refractivity contribution in [2.75, 3.05) is 10.2 Å². The average molecular weight is 312 g/mol. The lowest BCUT2D eigenvalue weighted by Gasteiger charge is -2.36. The normalized spacial score (nSPS) is 16.7. The second-order valence-electron chi connectivity index (χ2n) is 5.50. The summed E-state index contributed by atoms with van der Waals surface area (Å²) in [5.74, 6) is -1.06. The number of benzene rings is 2. The van der Waals surface area contributed by atoms with E-state index in [9.17, 15) is 14.0 Å². The van der Waals surface area contributed by atoms with Crippen LogP contribution in [-0.4, -0.2) is 17.9 Å². The summed E-state index contributed by atoms with van der Waals surface area (Å²) < 4.78 is 13.5. The molecule has 1 unspecified atom stereocenters. The maximum Gasteiger partial charge on any atom is 0.259 e. The van der Waals surface area contributed by atoms with E-state index in [-0.39, 0.29) is 17.4 Å². The van der Waals surface area contributed by atoms with E-state index in [0.717, 1.165) is 6.42 Å². The lowest BCUT2D eigenvalue weighted by molar-refractivity contribution is -0.117. The maximum absolute atomic E-state index is 13.5. The summed E-state index contributed by atoms with van der Waals surface area (Å²) in [7, 11) is 0. The molecule has 2 aromatic rings. The zero-order valence-corrected chi connectivity index (χ0v) is 12.8. The number of carbonyl (C=O) groups is 2. The number of hydrogen-bond acceptors (Lipinski definition) is 2. The Bertz CT molecular complexity index is 760. The SMILES string of the molecule is CCCC1C(=O)Nc2ccccc2N1C(=O)c1cccc(F)c1. The van der Waals surface area contributed by atoms with Gasteiger partial charge in [-0.1, -0.05) is 31.5 Å². The van der Waals surface area contributed by atoms with Gasteiger partial charge in [0.15, 0.2) is 0 Å². The summed E-state index contributed by atoms with van der Waals surface area (Å²) in [6, 6.07) is 12.1. The first-order chi connectivity index (χ1) is 11.1. The lowest BCUT2D eigenvalue weighted by Crippen LogP contribution is -2.51. The zero-order valence-electron chi connectivity index (χ0n) is 12.8. The van der Waals surface area contributed by atoms with Crippen molar-refractivity contribution in [1.82, 2.24) is 0 Å². The second-order valence-corrected chi connectivity index (χ2v) is 5.50. The summed E-state index contributed by atoms with van der Waals surface area (Å²) in [6.45, 7) is 1.96. The Labute approximate surface area is 133 Å². The Morgan fingerprint density at radius 2 is 2.00 bits per heavy atom. The molecule has 0 aromatic heterocycles. The molecule has 5 heteroatoms. The van der Waals surface area contributed by atoms with E-state index in [0.29, 0.717) is 17.8 Å². The topological polar surface area (TPSA) is 49.4 Å². The van der Waals surface area contributed by atoms with Gasteiger partial charge in [0.25, 0.3) is 5.91 Å². The van der Waals surface area contributed by atoms with Crippen molar-refractivity contribution in [2.45, 2.75) is 25.8 Å². The predicted molar refractivity (Wildman–Crippen MR) is 87.0 cm³/mol. The summed E-state index contributed by atoms with van der Waals surface area (Å²) in [4.78, 5) is 26.8. The van der Waals surface area contributed by atoms with Crippen LogP contribution in [0, 0.1) is 5.82 Å². The number of nitrogens with zero attached hydrogens (tertiary/aromatic N) is 1. The molecule has 0 aliphatic carbocycles. The number of hydrogen-bond donors (Lipinski definition) is 1. The summed E-state index contributed by atoms with van der Waals surface area (Å²) >= 11 is 0. The van der Waals surface area contributed by atoms with Gasteiger partial charge in [0, 0.05) is 5.56 Å². The average Bonchev–Trinajstić information content (AvgIpc) is 2.55. The third-order valence-electron chi connectivity index (χ3n) is 3.89. The molecule has 0 spiro atoms. The first-order valence-corrected chi connectivity index (χ1v) is 7.61. The monoisotopic (exact) mass is 312 g/mol. The van der Waals surface area contributed by atoms with Crippen LogP contribution in [0.25, 0.3) is 0 Å². The molecule has 1 N–H and O–H groups in total. The molecule has 0 saturated carbocycles. The van der Waals surface area contributed by atoms with Gasteiger partial charge >= 0.3 is 0 Å². The molecule has 0 fully saturated rings. The van der Waals surface area contributed by atoms with Crippen LogP contribution in [0.5, 0.6) is 0 Å². The molecule has 118 valence electrons. The Morgan fingerprint density at radius 1 is 1.22 bits per heavy atom. The van der Waals surface area contributed by atoms with E-state index in [1.807, 2.05) is 13.0 Å². The van der Waals surface area contributed by atoms with E-state index in [1.54, 1.807) is 24.3 Å². The molecule has 2 amide bonds. The molecular formula is C18H17FN2O2. The Hall–Kier alpha value is -2.69.